The SMILES string of the molecule is Cc1nn(-c2ccccn2)c2nc(C3CC3)cc(C(=O)Nc3cccc(NC(=O)c4cccs4)c3)c12. The molecule has 9 heteroatoms. The number of rotatable bonds is 6. The highest BCUT2D eigenvalue weighted by Crippen LogP contribution is 2.40. The highest BCUT2D eigenvalue weighted by molar-refractivity contribution is 7.12. The molecule has 4 heterocycles. The molecule has 5 aromatic rings. The van der Waals surface area contributed by atoms with Crippen molar-refractivity contribution in [2.24, 2.45) is 0 Å². The lowest BCUT2D eigenvalue weighted by molar-refractivity contribution is 0.102. The molecule has 2 amide bonds. The van der Waals surface area contributed by atoms with Crippen LogP contribution in [-0.2, 0) is 0 Å². The second-order valence-corrected chi connectivity index (χ2v) is 9.67. The Labute approximate surface area is 211 Å². The number of hydrogen-bond donors (Lipinski definition) is 2. The topological polar surface area (TPSA) is 102 Å². The molecule has 1 fully saturated rings. The van der Waals surface area contributed by atoms with E-state index in [0.29, 0.717) is 50.3 Å². The Morgan fingerprint density at radius 2 is 1.78 bits per heavy atom. The molecule has 0 aliphatic heterocycles. The largest absolute Gasteiger partial charge is 0.322 e. The first-order valence-corrected chi connectivity index (χ1v) is 12.5. The van der Waals surface area contributed by atoms with Gasteiger partial charge in [-0.15, -0.1) is 11.3 Å². The Hall–Kier alpha value is -4.37. The van der Waals surface area contributed by atoms with Crippen molar-refractivity contribution in [3.63, 3.8) is 0 Å². The van der Waals surface area contributed by atoms with Crippen LogP contribution in [0.1, 0.15) is 50.2 Å². The number of amides is 2. The molecule has 6 rings (SSSR count). The average Bonchev–Trinajstić information content (AvgIpc) is 3.48. The van der Waals surface area contributed by atoms with Crippen molar-refractivity contribution < 1.29 is 9.59 Å². The van der Waals surface area contributed by atoms with E-state index >= 15 is 0 Å². The number of carbonyl (C=O) groups excluding carboxylic acids is 2. The highest BCUT2D eigenvalue weighted by atomic mass is 32.1. The second kappa shape index (κ2) is 9.01. The van der Waals surface area contributed by atoms with E-state index in [0.717, 1.165) is 18.5 Å². The Balaban J connectivity index is 1.34. The van der Waals surface area contributed by atoms with Crippen LogP contribution in [0.25, 0.3) is 16.9 Å². The number of pyridine rings is 2. The van der Waals surface area contributed by atoms with Gasteiger partial charge < -0.3 is 10.6 Å². The van der Waals surface area contributed by atoms with Gasteiger partial charge in [0.25, 0.3) is 11.8 Å². The molecule has 1 aliphatic carbocycles. The summed E-state index contributed by atoms with van der Waals surface area (Å²) in [5.41, 5.74) is 3.92. The van der Waals surface area contributed by atoms with E-state index < -0.39 is 0 Å². The van der Waals surface area contributed by atoms with E-state index in [4.69, 9.17) is 4.98 Å². The number of nitrogens with one attached hydrogen (secondary N) is 2. The first kappa shape index (κ1) is 22.1. The number of thiophene rings is 1. The molecule has 36 heavy (non-hydrogen) atoms. The van der Waals surface area contributed by atoms with Gasteiger partial charge in [-0.1, -0.05) is 18.2 Å². The van der Waals surface area contributed by atoms with Crippen LogP contribution in [-0.4, -0.2) is 31.6 Å². The zero-order valence-corrected chi connectivity index (χ0v) is 20.2. The van der Waals surface area contributed by atoms with E-state index in [9.17, 15) is 9.59 Å². The average molecular weight is 495 g/mol. The van der Waals surface area contributed by atoms with Crippen LogP contribution in [0, 0.1) is 6.92 Å². The fourth-order valence-corrected chi connectivity index (χ4v) is 4.81. The van der Waals surface area contributed by atoms with Gasteiger partial charge in [-0.3, -0.25) is 9.59 Å². The van der Waals surface area contributed by atoms with E-state index in [2.05, 4.69) is 20.7 Å². The van der Waals surface area contributed by atoms with Gasteiger partial charge in [-0.2, -0.15) is 9.78 Å². The lowest BCUT2D eigenvalue weighted by Gasteiger charge is -2.11. The molecule has 1 aliphatic rings. The number of benzene rings is 1. The summed E-state index contributed by atoms with van der Waals surface area (Å²) in [6.07, 6.45) is 3.82. The van der Waals surface area contributed by atoms with Gasteiger partial charge >= 0.3 is 0 Å². The molecule has 1 aromatic carbocycles. The minimum atomic E-state index is -0.255. The minimum absolute atomic E-state index is 0.184. The number of aryl methyl sites for hydroxylation is 1. The Morgan fingerprint density at radius 1 is 0.972 bits per heavy atom. The van der Waals surface area contributed by atoms with Crippen LogP contribution >= 0.6 is 11.3 Å². The van der Waals surface area contributed by atoms with Crippen LogP contribution in [0.4, 0.5) is 11.4 Å². The molecule has 1 saturated carbocycles. The maximum atomic E-state index is 13.6. The molecule has 0 saturated heterocycles. The number of nitrogens with zero attached hydrogens (tertiary/aromatic N) is 4. The summed E-state index contributed by atoms with van der Waals surface area (Å²) in [6, 6.07) is 18.2. The minimum Gasteiger partial charge on any atom is -0.322 e. The predicted molar refractivity (Wildman–Crippen MR) is 140 cm³/mol. The molecule has 0 unspecified atom stereocenters. The molecule has 0 atom stereocenters. The van der Waals surface area contributed by atoms with Gasteiger partial charge in [0.1, 0.15) is 0 Å². The maximum Gasteiger partial charge on any atom is 0.265 e. The fraction of sp³-hybridized carbons (Fsp3) is 0.148. The van der Waals surface area contributed by atoms with Crippen LogP contribution in [0.5, 0.6) is 0 Å². The summed E-state index contributed by atoms with van der Waals surface area (Å²) in [5, 5.41) is 13.1. The van der Waals surface area contributed by atoms with E-state index in [-0.39, 0.29) is 11.8 Å². The summed E-state index contributed by atoms with van der Waals surface area (Å²) in [4.78, 5) is 35.9. The summed E-state index contributed by atoms with van der Waals surface area (Å²) in [5.74, 6) is 0.561. The van der Waals surface area contributed by atoms with E-state index in [1.54, 1.807) is 41.2 Å². The fourth-order valence-electron chi connectivity index (χ4n) is 4.19. The van der Waals surface area contributed by atoms with Crippen molar-refractivity contribution in [1.82, 2.24) is 19.7 Å². The predicted octanol–water partition coefficient (Wildman–Crippen LogP) is 5.57. The lowest BCUT2D eigenvalue weighted by Crippen LogP contribution is -2.15. The zero-order valence-electron chi connectivity index (χ0n) is 19.4. The highest BCUT2D eigenvalue weighted by Gasteiger charge is 2.29. The summed E-state index contributed by atoms with van der Waals surface area (Å²) in [6.45, 7) is 1.87. The third-order valence-corrected chi connectivity index (χ3v) is 6.93. The number of fused-ring (bicyclic) bond motifs is 1. The Morgan fingerprint density at radius 3 is 2.47 bits per heavy atom. The number of hydrogen-bond acceptors (Lipinski definition) is 6. The van der Waals surface area contributed by atoms with Gasteiger partial charge in [0.15, 0.2) is 11.5 Å². The van der Waals surface area contributed by atoms with Crippen molar-refractivity contribution in [3.8, 4) is 5.82 Å². The smallest absolute Gasteiger partial charge is 0.265 e. The first-order valence-electron chi connectivity index (χ1n) is 11.6. The Kier molecular flexibility index (Phi) is 5.54. The van der Waals surface area contributed by atoms with Gasteiger partial charge in [0, 0.05) is 29.2 Å². The van der Waals surface area contributed by atoms with E-state index in [1.165, 1.54) is 11.3 Å². The molecule has 2 N–H and O–H groups in total. The summed E-state index contributed by atoms with van der Waals surface area (Å²) >= 11 is 1.37. The molecule has 0 spiro atoms. The molecule has 4 aromatic heterocycles. The van der Waals surface area contributed by atoms with Crippen LogP contribution < -0.4 is 10.6 Å². The summed E-state index contributed by atoms with van der Waals surface area (Å²) in [7, 11) is 0. The quantitative estimate of drug-likeness (QED) is 0.321. The molecule has 8 nitrogen and oxygen atoms in total. The Bertz CT molecular complexity index is 1590. The maximum absolute atomic E-state index is 13.6. The molecule has 0 bridgehead atoms. The van der Waals surface area contributed by atoms with Crippen LogP contribution in [0.3, 0.4) is 0 Å². The van der Waals surface area contributed by atoms with E-state index in [1.807, 2.05) is 42.6 Å². The van der Waals surface area contributed by atoms with Crippen molar-refractivity contribution in [3.05, 3.63) is 94.1 Å². The molecule has 178 valence electrons. The molecule has 0 radical (unpaired) electrons. The number of anilines is 2. The monoisotopic (exact) mass is 494 g/mol. The van der Waals surface area contributed by atoms with Gasteiger partial charge in [-0.05, 0) is 67.6 Å². The van der Waals surface area contributed by atoms with Gasteiger partial charge in [-0.25, -0.2) is 9.97 Å². The van der Waals surface area contributed by atoms with Crippen molar-refractivity contribution >= 4 is 45.6 Å². The number of carbonyl (C=O) groups is 2. The third kappa shape index (κ3) is 4.25. The van der Waals surface area contributed by atoms with Crippen molar-refractivity contribution in [2.45, 2.75) is 25.7 Å². The van der Waals surface area contributed by atoms with Gasteiger partial charge in [0.05, 0.1) is 21.5 Å². The normalized spacial score (nSPS) is 13.0. The van der Waals surface area contributed by atoms with Crippen LogP contribution in [0.15, 0.2) is 72.2 Å². The lowest BCUT2D eigenvalue weighted by atomic mass is 10.1. The van der Waals surface area contributed by atoms with Crippen LogP contribution in [0.2, 0.25) is 0 Å². The first-order chi connectivity index (χ1) is 17.6. The zero-order chi connectivity index (χ0) is 24.6. The number of aromatic nitrogens is 4. The summed E-state index contributed by atoms with van der Waals surface area (Å²) < 4.78 is 1.70. The van der Waals surface area contributed by atoms with Crippen molar-refractivity contribution in [2.75, 3.05) is 10.6 Å². The third-order valence-electron chi connectivity index (χ3n) is 6.06. The molecular weight excluding hydrogens is 472 g/mol. The second-order valence-electron chi connectivity index (χ2n) is 8.72. The van der Waals surface area contributed by atoms with Crippen molar-refractivity contribution in [1.29, 1.82) is 0 Å². The van der Waals surface area contributed by atoms with Gasteiger partial charge in [0.2, 0.25) is 0 Å². The molecular formula is C27H22N6O2S. The standard InChI is InChI=1S/C27H22N6O2S/c1-16-24-20(15-21(17-10-11-17)31-25(24)33(32-16)23-9-2-3-12-28-23)26(34)29-18-6-4-7-19(14-18)30-27(35)22-8-5-13-36-22/h2-9,12-15,17H,10-11H2,1H3,(H,29,34)(H,30,35).